The molecule has 0 bridgehead atoms. The lowest BCUT2D eigenvalue weighted by atomic mass is 9.96. The minimum atomic E-state index is -0.331. The van der Waals surface area contributed by atoms with Crippen LogP contribution in [0.1, 0.15) is 27.0 Å². The van der Waals surface area contributed by atoms with Crippen LogP contribution in [0.5, 0.6) is 0 Å². The molecule has 1 aliphatic rings. The van der Waals surface area contributed by atoms with Gasteiger partial charge in [0.15, 0.2) is 5.82 Å². The van der Waals surface area contributed by atoms with E-state index < -0.39 is 0 Å². The molecular weight excluding hydrogens is 404 g/mol. The molecule has 0 aliphatic carbocycles. The number of rotatable bonds is 5. The number of anilines is 1. The first-order valence-corrected chi connectivity index (χ1v) is 10.7. The Morgan fingerprint density at radius 3 is 2.84 bits per heavy atom. The number of aromatic amines is 1. The second-order valence-electron chi connectivity index (χ2n) is 7.93. The number of amides is 1. The highest BCUT2D eigenvalue weighted by Crippen LogP contribution is 2.28. The molecule has 4 heterocycles. The van der Waals surface area contributed by atoms with Gasteiger partial charge in [-0.2, -0.15) is 0 Å². The maximum atomic E-state index is 13.2. The fraction of sp³-hybridized carbons (Fsp3) is 0.250. The summed E-state index contributed by atoms with van der Waals surface area (Å²) in [6, 6.07) is 12.0. The summed E-state index contributed by atoms with van der Waals surface area (Å²) in [5, 5.41) is 2.65. The molecule has 8 nitrogen and oxygen atoms in total. The topological polar surface area (TPSA) is 95.9 Å². The Kier molecular flexibility index (Phi) is 5.18. The van der Waals surface area contributed by atoms with Gasteiger partial charge >= 0.3 is 0 Å². The Balaban J connectivity index is 1.53. The van der Waals surface area contributed by atoms with Crippen molar-refractivity contribution in [3.63, 3.8) is 0 Å². The fourth-order valence-corrected chi connectivity index (χ4v) is 4.41. The Hall–Kier alpha value is -3.94. The van der Waals surface area contributed by atoms with Gasteiger partial charge in [0, 0.05) is 39.1 Å². The monoisotopic (exact) mass is 428 g/mol. The van der Waals surface area contributed by atoms with Crippen LogP contribution in [0.2, 0.25) is 0 Å². The van der Waals surface area contributed by atoms with Crippen molar-refractivity contribution in [1.82, 2.24) is 24.8 Å². The third kappa shape index (κ3) is 3.53. The number of benzene rings is 1. The van der Waals surface area contributed by atoms with Crippen LogP contribution in [-0.4, -0.2) is 39.0 Å². The van der Waals surface area contributed by atoms with Crippen LogP contribution < -0.4 is 15.8 Å². The van der Waals surface area contributed by atoms with Gasteiger partial charge in [-0.25, -0.2) is 9.97 Å². The van der Waals surface area contributed by atoms with Crippen molar-refractivity contribution < 1.29 is 4.79 Å². The number of nitrogens with zero attached hydrogens (tertiary/aromatic N) is 4. The van der Waals surface area contributed by atoms with E-state index in [9.17, 15) is 9.59 Å². The van der Waals surface area contributed by atoms with E-state index >= 15 is 0 Å². The lowest BCUT2D eigenvalue weighted by Gasteiger charge is -2.31. The number of aryl methyl sites for hydroxylation is 2. The van der Waals surface area contributed by atoms with Crippen molar-refractivity contribution in [2.24, 2.45) is 0 Å². The van der Waals surface area contributed by atoms with E-state index in [0.717, 1.165) is 33.5 Å². The number of nitrogens with one attached hydrogen (secondary N) is 2. The molecule has 0 saturated carbocycles. The third-order valence-corrected chi connectivity index (χ3v) is 6.03. The molecule has 1 aliphatic heterocycles. The first kappa shape index (κ1) is 20.0. The second kappa shape index (κ2) is 8.30. The van der Waals surface area contributed by atoms with Crippen LogP contribution in [0.4, 0.5) is 5.82 Å². The molecule has 2 N–H and O–H groups in total. The van der Waals surface area contributed by atoms with E-state index in [-0.39, 0.29) is 17.0 Å². The quantitative estimate of drug-likeness (QED) is 0.509. The summed E-state index contributed by atoms with van der Waals surface area (Å²) in [6.07, 6.45) is 6.64. The molecule has 1 amide bonds. The van der Waals surface area contributed by atoms with Crippen LogP contribution in [0.15, 0.2) is 59.9 Å². The Morgan fingerprint density at radius 2 is 2.03 bits per heavy atom. The predicted molar refractivity (Wildman–Crippen MR) is 123 cm³/mol. The van der Waals surface area contributed by atoms with Gasteiger partial charge in [0.25, 0.3) is 11.5 Å². The van der Waals surface area contributed by atoms with Gasteiger partial charge in [0.2, 0.25) is 0 Å². The predicted octanol–water partition coefficient (Wildman–Crippen LogP) is 2.28. The van der Waals surface area contributed by atoms with Gasteiger partial charge in [-0.1, -0.05) is 30.3 Å². The van der Waals surface area contributed by atoms with Crippen molar-refractivity contribution in [2.75, 3.05) is 18.5 Å². The van der Waals surface area contributed by atoms with E-state index in [1.165, 1.54) is 0 Å². The fourth-order valence-electron chi connectivity index (χ4n) is 4.41. The van der Waals surface area contributed by atoms with Gasteiger partial charge < -0.3 is 19.8 Å². The largest absolute Gasteiger partial charge is 0.357 e. The molecule has 0 saturated heterocycles. The van der Waals surface area contributed by atoms with E-state index in [2.05, 4.69) is 25.2 Å². The average molecular weight is 428 g/mol. The summed E-state index contributed by atoms with van der Waals surface area (Å²) in [6.45, 7) is 1.74. The molecule has 4 aromatic rings. The molecule has 0 fully saturated rings. The van der Waals surface area contributed by atoms with Gasteiger partial charge in [-0.15, -0.1) is 0 Å². The van der Waals surface area contributed by atoms with Crippen molar-refractivity contribution in [3.8, 4) is 0 Å². The summed E-state index contributed by atoms with van der Waals surface area (Å²) < 4.78 is 1.67. The molecule has 5 rings (SSSR count). The molecule has 3 aromatic heterocycles. The number of hydrogen-bond acceptors (Lipinski definition) is 5. The summed E-state index contributed by atoms with van der Waals surface area (Å²) >= 11 is 0. The second-order valence-corrected chi connectivity index (χ2v) is 7.93. The zero-order valence-corrected chi connectivity index (χ0v) is 17.8. The number of aromatic nitrogens is 4. The molecule has 0 atom stereocenters. The smallest absolute Gasteiger partial charge is 0.263 e. The van der Waals surface area contributed by atoms with Crippen molar-refractivity contribution in [3.05, 3.63) is 87.7 Å². The maximum Gasteiger partial charge on any atom is 0.263 e. The summed E-state index contributed by atoms with van der Waals surface area (Å²) in [5.41, 5.74) is 4.72. The normalized spacial score (nSPS) is 13.2. The highest BCUT2D eigenvalue weighted by atomic mass is 16.2. The Labute approximate surface area is 184 Å². The van der Waals surface area contributed by atoms with Crippen molar-refractivity contribution in [1.29, 1.82) is 0 Å². The summed E-state index contributed by atoms with van der Waals surface area (Å²) in [5.74, 6) is 0.497. The number of fused-ring (bicyclic) bond motifs is 2. The van der Waals surface area contributed by atoms with Gasteiger partial charge in [-0.05, 0) is 35.6 Å². The summed E-state index contributed by atoms with van der Waals surface area (Å²) in [4.78, 5) is 40.1. The van der Waals surface area contributed by atoms with Crippen LogP contribution >= 0.6 is 0 Å². The number of carbonyl (C=O) groups excluding carboxylic acids is 1. The first-order valence-electron chi connectivity index (χ1n) is 10.7. The highest BCUT2D eigenvalue weighted by Gasteiger charge is 2.27. The van der Waals surface area contributed by atoms with Crippen LogP contribution in [0.25, 0.3) is 11.0 Å². The van der Waals surface area contributed by atoms with Gasteiger partial charge in [0.05, 0.1) is 5.52 Å². The summed E-state index contributed by atoms with van der Waals surface area (Å²) in [7, 11) is 1.56. The molecule has 0 spiro atoms. The Bertz CT molecular complexity index is 1340. The number of carbonyl (C=O) groups is 1. The standard InChI is InChI=1S/C24H24N6O2/c1-25-23(31)20-18-9-12-29(22-21-19(7-10-26-21)27-15-28-22)13-17(18)14-30(24(20)32)11-8-16-5-3-2-4-6-16/h2-7,10,14-15,26H,8-9,11-13H2,1H3,(H,25,31). The molecule has 0 unspecified atom stereocenters. The van der Waals surface area contributed by atoms with Crippen molar-refractivity contribution >= 4 is 22.8 Å². The molecule has 32 heavy (non-hydrogen) atoms. The number of hydrogen-bond donors (Lipinski definition) is 2. The minimum absolute atomic E-state index is 0.235. The van der Waals surface area contributed by atoms with Gasteiger partial charge in [-0.3, -0.25) is 9.59 Å². The third-order valence-electron chi connectivity index (χ3n) is 6.03. The molecular formula is C24H24N6O2. The maximum absolute atomic E-state index is 13.2. The van der Waals surface area contributed by atoms with E-state index in [1.54, 1.807) is 17.9 Å². The zero-order chi connectivity index (χ0) is 22.1. The molecule has 1 aromatic carbocycles. The number of pyridine rings is 1. The Morgan fingerprint density at radius 1 is 1.19 bits per heavy atom. The molecule has 0 radical (unpaired) electrons. The zero-order valence-electron chi connectivity index (χ0n) is 17.8. The van der Waals surface area contributed by atoms with Gasteiger partial charge in [0.1, 0.15) is 17.4 Å². The SMILES string of the molecule is CNC(=O)c1c2c(cn(CCc3ccccc3)c1=O)CN(c1ncnc3cc[nH]c13)CC2. The lowest BCUT2D eigenvalue weighted by molar-refractivity contribution is 0.0959. The lowest BCUT2D eigenvalue weighted by Crippen LogP contribution is -2.39. The number of H-pyrrole nitrogens is 1. The van der Waals surface area contributed by atoms with Crippen LogP contribution in [0.3, 0.4) is 0 Å². The highest BCUT2D eigenvalue weighted by molar-refractivity contribution is 5.95. The molecule has 162 valence electrons. The average Bonchev–Trinajstić information content (AvgIpc) is 3.32. The first-order chi connectivity index (χ1) is 15.7. The van der Waals surface area contributed by atoms with E-state index in [4.69, 9.17) is 0 Å². The van der Waals surface area contributed by atoms with Crippen LogP contribution in [0, 0.1) is 0 Å². The minimum Gasteiger partial charge on any atom is -0.357 e. The van der Waals surface area contributed by atoms with E-state index in [1.807, 2.05) is 48.8 Å². The van der Waals surface area contributed by atoms with E-state index in [0.29, 0.717) is 32.5 Å². The van der Waals surface area contributed by atoms with Crippen molar-refractivity contribution in [2.45, 2.75) is 25.9 Å². The molecule has 8 heteroatoms. The van der Waals surface area contributed by atoms with Crippen LogP contribution in [-0.2, 0) is 25.9 Å².